The molecule has 7 nitrogen and oxygen atoms in total. The van der Waals surface area contributed by atoms with Gasteiger partial charge in [-0.05, 0) is 58.4 Å². The number of carbonyl (C=O) groups excluding carboxylic acids is 2. The van der Waals surface area contributed by atoms with Gasteiger partial charge in [-0.2, -0.15) is 8.42 Å². The molecule has 2 rings (SSSR count). The van der Waals surface area contributed by atoms with Crippen molar-refractivity contribution < 1.29 is 31.7 Å². The second-order valence-corrected chi connectivity index (χ2v) is 9.09. The van der Waals surface area contributed by atoms with Gasteiger partial charge in [0.1, 0.15) is 10.5 Å². The minimum Gasteiger partial charge on any atom is -0.465 e. The zero-order valence-corrected chi connectivity index (χ0v) is 19.7. The van der Waals surface area contributed by atoms with E-state index < -0.39 is 27.6 Å². The maximum Gasteiger partial charge on any atom is 0.345 e. The molecule has 0 radical (unpaired) electrons. The van der Waals surface area contributed by atoms with Crippen LogP contribution in [0.25, 0.3) is 6.08 Å². The van der Waals surface area contributed by atoms with Gasteiger partial charge in [0.25, 0.3) is 0 Å². The Morgan fingerprint density at radius 2 is 1.55 bits per heavy atom. The lowest BCUT2D eigenvalue weighted by Crippen LogP contribution is -2.16. The Morgan fingerprint density at radius 3 is 2.07 bits per heavy atom. The van der Waals surface area contributed by atoms with Crippen LogP contribution in [0, 0.1) is 0 Å². The Morgan fingerprint density at radius 1 is 1.00 bits per heavy atom. The topological polar surface area (TPSA) is 96.0 Å². The van der Waals surface area contributed by atoms with Crippen LogP contribution in [0.5, 0.6) is 5.75 Å². The average Bonchev–Trinajstić information content (AvgIpc) is 2.67. The summed E-state index contributed by atoms with van der Waals surface area (Å²) in [5, 5.41) is 0.359. The van der Waals surface area contributed by atoms with Gasteiger partial charge in [0.15, 0.2) is 5.75 Å². The zero-order valence-electron chi connectivity index (χ0n) is 14.9. The van der Waals surface area contributed by atoms with Crippen LogP contribution in [0.2, 0.25) is 5.02 Å². The SMILES string of the molecule is COC(=O)C(=Cc1cc(Br)cc(Br)c1OS(=O)(=O)c1ccc(Cl)cc1)C(=O)OC. The maximum absolute atomic E-state index is 12.7. The fourth-order valence-electron chi connectivity index (χ4n) is 2.11. The second-order valence-electron chi connectivity index (χ2n) is 5.34. The van der Waals surface area contributed by atoms with Crippen LogP contribution < -0.4 is 4.18 Å². The number of benzene rings is 2. The summed E-state index contributed by atoms with van der Waals surface area (Å²) in [6.45, 7) is 0. The first-order valence-electron chi connectivity index (χ1n) is 7.66. The van der Waals surface area contributed by atoms with Crippen LogP contribution in [0.3, 0.4) is 0 Å². The summed E-state index contributed by atoms with van der Waals surface area (Å²) >= 11 is 12.3. The highest BCUT2D eigenvalue weighted by molar-refractivity contribution is 9.11. The molecule has 0 aliphatic heterocycles. The van der Waals surface area contributed by atoms with Gasteiger partial charge in [-0.15, -0.1) is 0 Å². The summed E-state index contributed by atoms with van der Waals surface area (Å²) < 4.78 is 40.6. The number of halogens is 3. The van der Waals surface area contributed by atoms with Crippen LogP contribution in [0.1, 0.15) is 5.56 Å². The zero-order chi connectivity index (χ0) is 21.8. The van der Waals surface area contributed by atoms with Crippen LogP contribution in [-0.2, 0) is 29.2 Å². The largest absolute Gasteiger partial charge is 0.465 e. The number of hydrogen-bond acceptors (Lipinski definition) is 7. The summed E-state index contributed by atoms with van der Waals surface area (Å²) in [5.74, 6) is -2.06. The van der Waals surface area contributed by atoms with Gasteiger partial charge in [0, 0.05) is 15.1 Å². The molecule has 0 saturated heterocycles. The van der Waals surface area contributed by atoms with Crippen molar-refractivity contribution in [2.45, 2.75) is 4.90 Å². The van der Waals surface area contributed by atoms with Gasteiger partial charge in [0.2, 0.25) is 0 Å². The minimum absolute atomic E-state index is 0.106. The highest BCUT2D eigenvalue weighted by atomic mass is 79.9. The summed E-state index contributed by atoms with van der Waals surface area (Å²) in [5.41, 5.74) is -0.344. The van der Waals surface area contributed by atoms with Crippen LogP contribution in [-0.4, -0.2) is 34.6 Å². The normalized spacial score (nSPS) is 10.8. The predicted molar refractivity (Wildman–Crippen MR) is 113 cm³/mol. The average molecular weight is 569 g/mol. The third-order valence-electron chi connectivity index (χ3n) is 3.44. The first-order valence-corrected chi connectivity index (χ1v) is 11.0. The number of carbonyl (C=O) groups is 2. The smallest absolute Gasteiger partial charge is 0.345 e. The standard InChI is InChI=1S/C18H13Br2ClO7S/c1-26-17(22)14(18(23)27-2)8-10-7-11(19)9-15(20)16(10)28-29(24,25)13-5-3-12(21)4-6-13/h3-9H,1-2H3. The lowest BCUT2D eigenvalue weighted by atomic mass is 10.1. The van der Waals surface area contributed by atoms with Crippen molar-refractivity contribution in [3.63, 3.8) is 0 Å². The molecule has 2 aromatic carbocycles. The van der Waals surface area contributed by atoms with Crippen LogP contribution in [0.4, 0.5) is 0 Å². The minimum atomic E-state index is -4.24. The molecule has 0 atom stereocenters. The number of esters is 2. The van der Waals surface area contributed by atoms with Gasteiger partial charge in [-0.25, -0.2) is 9.59 Å². The summed E-state index contributed by atoms with van der Waals surface area (Å²) in [4.78, 5) is 23.8. The number of rotatable bonds is 6. The number of ether oxygens (including phenoxy) is 2. The Bertz CT molecular complexity index is 1060. The van der Waals surface area contributed by atoms with Gasteiger partial charge >= 0.3 is 22.1 Å². The molecule has 0 saturated carbocycles. The molecule has 0 N–H and O–H groups in total. The van der Waals surface area contributed by atoms with Gasteiger partial charge in [-0.3, -0.25) is 0 Å². The van der Waals surface area contributed by atoms with E-state index in [1.165, 1.54) is 30.3 Å². The Kier molecular flexibility index (Phi) is 7.87. The molecule has 29 heavy (non-hydrogen) atoms. The summed E-state index contributed by atoms with van der Waals surface area (Å²) in [6, 6.07) is 8.38. The Labute approximate surface area is 189 Å². The summed E-state index contributed by atoms with van der Waals surface area (Å²) in [6.07, 6.45) is 1.11. The molecule has 0 heterocycles. The van der Waals surface area contributed by atoms with Crippen molar-refractivity contribution in [2.24, 2.45) is 0 Å². The highest BCUT2D eigenvalue weighted by Gasteiger charge is 2.24. The van der Waals surface area contributed by atoms with Gasteiger partial charge in [0.05, 0.1) is 18.7 Å². The second kappa shape index (κ2) is 9.75. The van der Waals surface area contributed by atoms with E-state index in [2.05, 4.69) is 41.3 Å². The van der Waals surface area contributed by atoms with Gasteiger partial charge < -0.3 is 13.7 Å². The van der Waals surface area contributed by atoms with E-state index >= 15 is 0 Å². The lowest BCUT2D eigenvalue weighted by Gasteiger charge is -2.13. The molecular formula is C18H13Br2ClO7S. The van der Waals surface area contributed by atoms with Crippen molar-refractivity contribution in [3.05, 3.63) is 61.5 Å². The van der Waals surface area contributed by atoms with E-state index in [0.29, 0.717) is 9.50 Å². The number of hydrogen-bond donors (Lipinski definition) is 0. The molecule has 0 bridgehead atoms. The van der Waals surface area contributed by atoms with Crippen molar-refractivity contribution in [3.8, 4) is 5.75 Å². The quantitative estimate of drug-likeness (QED) is 0.168. The fraction of sp³-hybridized carbons (Fsp3) is 0.111. The van der Waals surface area contributed by atoms with Gasteiger partial charge in [-0.1, -0.05) is 27.5 Å². The molecule has 0 spiro atoms. The van der Waals surface area contributed by atoms with E-state index in [4.69, 9.17) is 15.8 Å². The van der Waals surface area contributed by atoms with Crippen LogP contribution in [0.15, 0.2) is 55.8 Å². The molecule has 154 valence electrons. The molecule has 2 aromatic rings. The molecule has 0 amide bonds. The van der Waals surface area contributed by atoms with Crippen molar-refractivity contribution in [2.75, 3.05) is 14.2 Å². The van der Waals surface area contributed by atoms with Crippen molar-refractivity contribution in [1.29, 1.82) is 0 Å². The third-order valence-corrected chi connectivity index (χ3v) is 5.98. The summed E-state index contributed by atoms with van der Waals surface area (Å²) in [7, 11) is -2.05. The molecular weight excluding hydrogens is 556 g/mol. The van der Waals surface area contributed by atoms with E-state index in [1.807, 2.05) is 0 Å². The van der Waals surface area contributed by atoms with E-state index in [9.17, 15) is 18.0 Å². The van der Waals surface area contributed by atoms with Crippen LogP contribution >= 0.6 is 43.5 Å². The van der Waals surface area contributed by atoms with Crippen molar-refractivity contribution >= 4 is 71.6 Å². The lowest BCUT2D eigenvalue weighted by molar-refractivity contribution is -0.143. The Hall–Kier alpha value is -1.88. The third kappa shape index (κ3) is 5.81. The molecule has 11 heteroatoms. The highest BCUT2D eigenvalue weighted by Crippen LogP contribution is 2.36. The van der Waals surface area contributed by atoms with E-state index in [0.717, 1.165) is 20.3 Å². The van der Waals surface area contributed by atoms with E-state index in [1.54, 1.807) is 6.07 Å². The first-order chi connectivity index (χ1) is 13.6. The maximum atomic E-state index is 12.7. The fourth-order valence-corrected chi connectivity index (χ4v) is 4.65. The van der Waals surface area contributed by atoms with Crippen molar-refractivity contribution in [1.82, 2.24) is 0 Å². The molecule has 0 aliphatic carbocycles. The first kappa shape index (κ1) is 23.4. The van der Waals surface area contributed by atoms with E-state index in [-0.39, 0.29) is 20.7 Å². The number of methoxy groups -OCH3 is 2. The molecule has 0 fully saturated rings. The molecule has 0 aromatic heterocycles. The molecule has 0 aliphatic rings. The monoisotopic (exact) mass is 566 g/mol. The molecule has 0 unspecified atom stereocenters. The predicted octanol–water partition coefficient (Wildman–Crippen LogP) is 4.36. The Balaban J connectivity index is 2.61.